The standard InChI is InChI=1S/C26H37N5O3SSi/c1-26(2,3)34-25(32)29-20-10-8-9-18(15-20)22-23(19-11-12-28-21(27)16-19)31(24(30-22)35-4)17-33-13-14-36(5,6)7/h8-12,15-16H,13-14,17H2,1-7H3,(H2,27,28)(H,29,32). The van der Waals surface area contributed by atoms with Crippen LogP contribution in [0.1, 0.15) is 20.8 Å². The van der Waals surface area contributed by atoms with Crippen LogP contribution >= 0.6 is 11.8 Å². The number of benzene rings is 1. The van der Waals surface area contributed by atoms with Crippen LogP contribution in [-0.4, -0.2) is 47.2 Å². The van der Waals surface area contributed by atoms with Crippen LogP contribution in [0.2, 0.25) is 25.7 Å². The van der Waals surface area contributed by atoms with Crippen molar-refractivity contribution in [1.29, 1.82) is 0 Å². The van der Waals surface area contributed by atoms with E-state index in [9.17, 15) is 4.79 Å². The van der Waals surface area contributed by atoms with E-state index in [1.165, 1.54) is 0 Å². The number of aromatic nitrogens is 3. The molecule has 0 bridgehead atoms. The molecule has 0 saturated carbocycles. The highest BCUT2D eigenvalue weighted by Gasteiger charge is 2.22. The summed E-state index contributed by atoms with van der Waals surface area (Å²) in [6, 6.07) is 12.4. The van der Waals surface area contributed by atoms with Gasteiger partial charge in [0.2, 0.25) is 0 Å². The lowest BCUT2D eigenvalue weighted by molar-refractivity contribution is 0.0636. The minimum Gasteiger partial charge on any atom is -0.444 e. The fraction of sp³-hybridized carbons (Fsp3) is 0.423. The third-order valence-corrected chi connectivity index (χ3v) is 7.55. The summed E-state index contributed by atoms with van der Waals surface area (Å²) in [5, 5.41) is 3.64. The first kappa shape index (κ1) is 27.8. The number of nitrogen functional groups attached to an aromatic ring is 1. The van der Waals surface area contributed by atoms with Crippen molar-refractivity contribution in [2.75, 3.05) is 23.9 Å². The van der Waals surface area contributed by atoms with Crippen molar-refractivity contribution >= 4 is 37.4 Å². The first-order valence-corrected chi connectivity index (χ1v) is 16.8. The van der Waals surface area contributed by atoms with Gasteiger partial charge in [0.15, 0.2) is 5.16 Å². The van der Waals surface area contributed by atoms with E-state index in [-0.39, 0.29) is 0 Å². The maximum atomic E-state index is 12.3. The van der Waals surface area contributed by atoms with Crippen molar-refractivity contribution in [3.63, 3.8) is 0 Å². The molecule has 10 heteroatoms. The molecule has 3 N–H and O–H groups in total. The Balaban J connectivity index is 2.01. The van der Waals surface area contributed by atoms with E-state index in [1.807, 2.05) is 63.4 Å². The molecule has 3 rings (SSSR count). The van der Waals surface area contributed by atoms with E-state index in [4.69, 9.17) is 20.2 Å². The number of amides is 1. The molecule has 0 fully saturated rings. The number of imidazole rings is 1. The van der Waals surface area contributed by atoms with Gasteiger partial charge in [-0.05, 0) is 57.3 Å². The van der Waals surface area contributed by atoms with Crippen LogP contribution in [0.15, 0.2) is 47.8 Å². The highest BCUT2D eigenvalue weighted by molar-refractivity contribution is 7.98. The summed E-state index contributed by atoms with van der Waals surface area (Å²) in [7, 11) is -1.21. The molecule has 2 aromatic heterocycles. The van der Waals surface area contributed by atoms with Crippen molar-refractivity contribution in [3.05, 3.63) is 42.6 Å². The van der Waals surface area contributed by atoms with Crippen LogP contribution in [0.5, 0.6) is 0 Å². The Labute approximate surface area is 219 Å². The molecule has 0 radical (unpaired) electrons. The lowest BCUT2D eigenvalue weighted by atomic mass is 10.0. The number of ether oxygens (including phenoxy) is 2. The second kappa shape index (κ2) is 11.5. The minimum atomic E-state index is -1.21. The van der Waals surface area contributed by atoms with Crippen molar-refractivity contribution in [2.24, 2.45) is 0 Å². The van der Waals surface area contributed by atoms with Crippen molar-refractivity contribution in [1.82, 2.24) is 14.5 Å². The number of carbonyl (C=O) groups is 1. The van der Waals surface area contributed by atoms with Gasteiger partial charge in [0.05, 0.1) is 11.4 Å². The zero-order chi connectivity index (χ0) is 26.5. The quantitative estimate of drug-likeness (QED) is 0.184. The molecule has 0 atom stereocenters. The maximum Gasteiger partial charge on any atom is 0.412 e. The molecule has 36 heavy (non-hydrogen) atoms. The molecular formula is C26H37N5O3SSi. The lowest BCUT2D eigenvalue weighted by Crippen LogP contribution is -2.27. The van der Waals surface area contributed by atoms with Crippen LogP contribution in [0.3, 0.4) is 0 Å². The number of hydrogen-bond acceptors (Lipinski definition) is 7. The van der Waals surface area contributed by atoms with E-state index in [0.29, 0.717) is 24.8 Å². The molecule has 3 aromatic rings. The Morgan fingerprint density at radius 3 is 2.56 bits per heavy atom. The van der Waals surface area contributed by atoms with Crippen molar-refractivity contribution < 1.29 is 14.3 Å². The number of carbonyl (C=O) groups excluding carboxylic acids is 1. The average Bonchev–Trinajstić information content (AvgIpc) is 3.13. The minimum absolute atomic E-state index is 0.376. The zero-order valence-electron chi connectivity index (χ0n) is 22.2. The normalized spacial score (nSPS) is 12.0. The molecule has 1 aromatic carbocycles. The van der Waals surface area contributed by atoms with Crippen LogP contribution < -0.4 is 11.1 Å². The maximum absolute atomic E-state index is 12.3. The SMILES string of the molecule is CSc1nc(-c2cccc(NC(=O)OC(C)(C)C)c2)c(-c2ccnc(N)c2)n1COCC[Si](C)(C)C. The number of pyridine rings is 1. The van der Waals surface area contributed by atoms with Gasteiger partial charge in [-0.2, -0.15) is 0 Å². The summed E-state index contributed by atoms with van der Waals surface area (Å²) in [5.74, 6) is 0.428. The molecule has 0 saturated heterocycles. The Kier molecular flexibility index (Phi) is 8.86. The Bertz CT molecular complexity index is 1200. The highest BCUT2D eigenvalue weighted by Crippen LogP contribution is 2.36. The molecule has 0 unspecified atom stereocenters. The molecular weight excluding hydrogens is 490 g/mol. The number of nitrogens with two attached hydrogens (primary N) is 1. The Morgan fingerprint density at radius 1 is 1.17 bits per heavy atom. The lowest BCUT2D eigenvalue weighted by Gasteiger charge is -2.19. The smallest absolute Gasteiger partial charge is 0.412 e. The number of anilines is 2. The van der Waals surface area contributed by atoms with Gasteiger partial charge in [0, 0.05) is 37.7 Å². The number of rotatable bonds is 9. The summed E-state index contributed by atoms with van der Waals surface area (Å²) in [6.07, 6.45) is 3.18. The summed E-state index contributed by atoms with van der Waals surface area (Å²) in [5.41, 5.74) is 9.47. The topological polar surface area (TPSA) is 104 Å². The van der Waals surface area contributed by atoms with Crippen molar-refractivity contribution in [3.8, 4) is 22.5 Å². The fourth-order valence-corrected chi connectivity index (χ4v) is 4.80. The summed E-state index contributed by atoms with van der Waals surface area (Å²) >= 11 is 1.55. The number of thioether (sulfide) groups is 1. The number of nitrogens with zero attached hydrogens (tertiary/aromatic N) is 3. The third-order valence-electron chi connectivity index (χ3n) is 5.17. The average molecular weight is 528 g/mol. The van der Waals surface area contributed by atoms with E-state index >= 15 is 0 Å². The molecule has 2 heterocycles. The van der Waals surface area contributed by atoms with Gasteiger partial charge in [0.25, 0.3) is 0 Å². The van der Waals surface area contributed by atoms with Gasteiger partial charge in [-0.3, -0.25) is 9.88 Å². The monoisotopic (exact) mass is 527 g/mol. The molecule has 8 nitrogen and oxygen atoms in total. The molecule has 1 amide bonds. The van der Waals surface area contributed by atoms with Crippen LogP contribution in [0, 0.1) is 0 Å². The first-order chi connectivity index (χ1) is 16.9. The van der Waals surface area contributed by atoms with Gasteiger partial charge >= 0.3 is 6.09 Å². The number of hydrogen-bond donors (Lipinski definition) is 2. The Morgan fingerprint density at radius 2 is 1.92 bits per heavy atom. The van der Waals surface area contributed by atoms with E-state index in [1.54, 1.807) is 18.0 Å². The van der Waals surface area contributed by atoms with Crippen molar-refractivity contribution in [2.45, 2.75) is 63.9 Å². The predicted molar refractivity (Wildman–Crippen MR) is 151 cm³/mol. The molecule has 0 aliphatic heterocycles. The highest BCUT2D eigenvalue weighted by atomic mass is 32.2. The summed E-state index contributed by atoms with van der Waals surface area (Å²) in [4.78, 5) is 21.5. The second-order valence-electron chi connectivity index (χ2n) is 10.7. The largest absolute Gasteiger partial charge is 0.444 e. The fourth-order valence-electron chi connectivity index (χ4n) is 3.50. The van der Waals surface area contributed by atoms with Gasteiger partial charge < -0.3 is 15.2 Å². The Hall–Kier alpha value is -2.82. The summed E-state index contributed by atoms with van der Waals surface area (Å²) in [6.45, 7) is 13.6. The van der Waals surface area contributed by atoms with E-state index < -0.39 is 19.8 Å². The molecule has 0 aliphatic rings. The number of nitrogens with one attached hydrogen (secondary N) is 1. The second-order valence-corrected chi connectivity index (χ2v) is 17.1. The first-order valence-electron chi connectivity index (χ1n) is 11.9. The summed E-state index contributed by atoms with van der Waals surface area (Å²) < 4.78 is 13.6. The molecule has 0 aliphatic carbocycles. The van der Waals surface area contributed by atoms with Crippen LogP contribution in [-0.2, 0) is 16.2 Å². The van der Waals surface area contributed by atoms with Crippen LogP contribution in [0.25, 0.3) is 22.5 Å². The van der Waals surface area contributed by atoms with Gasteiger partial charge in [-0.25, -0.2) is 14.8 Å². The van der Waals surface area contributed by atoms with Gasteiger partial charge in [-0.1, -0.05) is 43.5 Å². The third kappa shape index (κ3) is 7.84. The van der Waals surface area contributed by atoms with Gasteiger partial charge in [-0.15, -0.1) is 0 Å². The molecule has 0 spiro atoms. The van der Waals surface area contributed by atoms with E-state index in [2.05, 4.69) is 34.5 Å². The van der Waals surface area contributed by atoms with Crippen LogP contribution in [0.4, 0.5) is 16.3 Å². The predicted octanol–water partition coefficient (Wildman–Crippen LogP) is 6.58. The molecule has 194 valence electrons. The zero-order valence-corrected chi connectivity index (χ0v) is 24.0. The van der Waals surface area contributed by atoms with E-state index in [0.717, 1.165) is 33.7 Å². The van der Waals surface area contributed by atoms with Gasteiger partial charge in [0.1, 0.15) is 18.1 Å².